The Labute approximate surface area is 74.0 Å². The number of anilines is 1. The standard InChI is InChI=1S/C7H7N3OS/c1-2-3-8-6(11)10-7-9-4-5-12-7/h1,4-5H,3H2,(H2,8,9,10,11). The quantitative estimate of drug-likeness (QED) is 0.666. The smallest absolute Gasteiger partial charge is 0.321 e. The summed E-state index contributed by atoms with van der Waals surface area (Å²) in [5.74, 6) is 2.29. The highest BCUT2D eigenvalue weighted by molar-refractivity contribution is 7.13. The molecule has 0 aliphatic heterocycles. The van der Waals surface area contributed by atoms with Gasteiger partial charge in [0.15, 0.2) is 5.13 Å². The predicted octanol–water partition coefficient (Wildman–Crippen LogP) is 0.898. The molecule has 0 radical (unpaired) electrons. The van der Waals surface area contributed by atoms with Gasteiger partial charge in [0.05, 0.1) is 6.54 Å². The number of amides is 2. The van der Waals surface area contributed by atoms with Crippen molar-refractivity contribution in [1.82, 2.24) is 10.3 Å². The van der Waals surface area contributed by atoms with E-state index < -0.39 is 0 Å². The molecule has 1 aromatic heterocycles. The van der Waals surface area contributed by atoms with Gasteiger partial charge in [-0.2, -0.15) is 0 Å². The highest BCUT2D eigenvalue weighted by atomic mass is 32.1. The van der Waals surface area contributed by atoms with E-state index in [9.17, 15) is 4.79 Å². The molecule has 0 aliphatic carbocycles. The molecule has 62 valence electrons. The molecular weight excluding hydrogens is 174 g/mol. The zero-order chi connectivity index (χ0) is 8.81. The number of aromatic nitrogens is 1. The van der Waals surface area contributed by atoms with Crippen molar-refractivity contribution in [3.63, 3.8) is 0 Å². The molecule has 0 bridgehead atoms. The number of rotatable bonds is 2. The average Bonchev–Trinajstić information content (AvgIpc) is 2.53. The van der Waals surface area contributed by atoms with Gasteiger partial charge in [-0.15, -0.1) is 17.8 Å². The molecule has 4 nitrogen and oxygen atoms in total. The number of hydrogen-bond acceptors (Lipinski definition) is 3. The molecule has 0 saturated carbocycles. The second-order valence-electron chi connectivity index (χ2n) is 1.85. The summed E-state index contributed by atoms with van der Waals surface area (Å²) >= 11 is 1.35. The fourth-order valence-corrected chi connectivity index (χ4v) is 1.08. The lowest BCUT2D eigenvalue weighted by atomic mass is 10.7. The van der Waals surface area contributed by atoms with Crippen molar-refractivity contribution < 1.29 is 4.79 Å². The van der Waals surface area contributed by atoms with Gasteiger partial charge in [0.2, 0.25) is 0 Å². The minimum Gasteiger partial charge on any atom is -0.327 e. The van der Waals surface area contributed by atoms with Crippen molar-refractivity contribution in [1.29, 1.82) is 0 Å². The third kappa shape index (κ3) is 2.60. The number of nitrogens with one attached hydrogen (secondary N) is 2. The number of carbonyl (C=O) groups is 1. The zero-order valence-corrected chi connectivity index (χ0v) is 7.02. The van der Waals surface area contributed by atoms with E-state index in [-0.39, 0.29) is 12.6 Å². The molecule has 5 heteroatoms. The molecule has 0 spiro atoms. The number of carbonyl (C=O) groups excluding carboxylic acids is 1. The molecule has 0 aliphatic rings. The summed E-state index contributed by atoms with van der Waals surface area (Å²) in [7, 11) is 0. The Kier molecular flexibility index (Phi) is 3.11. The SMILES string of the molecule is C#CCNC(=O)Nc1nccs1. The molecule has 0 fully saturated rings. The van der Waals surface area contributed by atoms with Crippen LogP contribution in [0.5, 0.6) is 0 Å². The fourth-order valence-electron chi connectivity index (χ4n) is 0.558. The Morgan fingerprint density at radius 2 is 2.67 bits per heavy atom. The van der Waals surface area contributed by atoms with E-state index in [1.807, 2.05) is 0 Å². The number of nitrogens with zero attached hydrogens (tertiary/aromatic N) is 1. The Morgan fingerprint density at radius 1 is 1.83 bits per heavy atom. The second-order valence-corrected chi connectivity index (χ2v) is 2.74. The second kappa shape index (κ2) is 4.36. The number of hydrogen-bond donors (Lipinski definition) is 2. The van der Waals surface area contributed by atoms with E-state index in [2.05, 4.69) is 21.5 Å². The van der Waals surface area contributed by atoms with Crippen LogP contribution >= 0.6 is 11.3 Å². The predicted molar refractivity (Wildman–Crippen MR) is 48.0 cm³/mol. The monoisotopic (exact) mass is 181 g/mol. The first-order valence-electron chi connectivity index (χ1n) is 3.20. The van der Waals surface area contributed by atoms with Crippen LogP contribution in [0.4, 0.5) is 9.93 Å². The topological polar surface area (TPSA) is 54.0 Å². The first kappa shape index (κ1) is 8.56. The van der Waals surface area contributed by atoms with Crippen molar-refractivity contribution in [2.45, 2.75) is 0 Å². The van der Waals surface area contributed by atoms with Crippen molar-refractivity contribution in [3.05, 3.63) is 11.6 Å². The van der Waals surface area contributed by atoms with Crippen LogP contribution in [0, 0.1) is 12.3 Å². The fraction of sp³-hybridized carbons (Fsp3) is 0.143. The van der Waals surface area contributed by atoms with Gasteiger partial charge < -0.3 is 5.32 Å². The molecule has 0 atom stereocenters. The molecule has 1 aromatic rings. The highest BCUT2D eigenvalue weighted by Gasteiger charge is 2.00. The molecule has 0 saturated heterocycles. The van der Waals surface area contributed by atoms with Crippen molar-refractivity contribution in [2.24, 2.45) is 0 Å². The summed E-state index contributed by atoms with van der Waals surface area (Å²) in [6.07, 6.45) is 6.56. The Bertz CT molecular complexity index is 288. The third-order valence-electron chi connectivity index (χ3n) is 1.00. The molecule has 0 aromatic carbocycles. The van der Waals surface area contributed by atoms with Crippen molar-refractivity contribution >= 4 is 22.5 Å². The lowest BCUT2D eigenvalue weighted by molar-refractivity contribution is 0.253. The van der Waals surface area contributed by atoms with Crippen LogP contribution in [0.15, 0.2) is 11.6 Å². The van der Waals surface area contributed by atoms with Gasteiger partial charge in [-0.3, -0.25) is 5.32 Å². The highest BCUT2D eigenvalue weighted by Crippen LogP contribution is 2.09. The average molecular weight is 181 g/mol. The van der Waals surface area contributed by atoms with Crippen LogP contribution in [0.3, 0.4) is 0 Å². The van der Waals surface area contributed by atoms with Crippen LogP contribution in [-0.4, -0.2) is 17.6 Å². The maximum Gasteiger partial charge on any atom is 0.321 e. The molecule has 2 amide bonds. The Morgan fingerprint density at radius 3 is 3.25 bits per heavy atom. The molecule has 2 N–H and O–H groups in total. The molecule has 1 heterocycles. The van der Waals surface area contributed by atoms with E-state index in [0.717, 1.165) is 0 Å². The molecule has 1 rings (SSSR count). The Hall–Kier alpha value is -1.54. The van der Waals surface area contributed by atoms with Gasteiger partial charge in [0.1, 0.15) is 0 Å². The summed E-state index contributed by atoms with van der Waals surface area (Å²) in [6, 6.07) is -0.331. The van der Waals surface area contributed by atoms with Crippen molar-refractivity contribution in [3.8, 4) is 12.3 Å². The van der Waals surface area contributed by atoms with Crippen LogP contribution in [0.2, 0.25) is 0 Å². The van der Waals surface area contributed by atoms with Crippen LogP contribution in [0.1, 0.15) is 0 Å². The first-order chi connectivity index (χ1) is 5.83. The zero-order valence-electron chi connectivity index (χ0n) is 6.20. The summed E-state index contributed by atoms with van der Waals surface area (Å²) in [5.41, 5.74) is 0. The minimum absolute atomic E-state index is 0.219. The van der Waals surface area contributed by atoms with Gasteiger partial charge in [0, 0.05) is 11.6 Å². The maximum atomic E-state index is 10.9. The third-order valence-corrected chi connectivity index (χ3v) is 1.69. The summed E-state index contributed by atoms with van der Waals surface area (Å²) in [4.78, 5) is 14.8. The van der Waals surface area contributed by atoms with E-state index in [4.69, 9.17) is 6.42 Å². The number of terminal acetylenes is 1. The lowest BCUT2D eigenvalue weighted by Crippen LogP contribution is -2.28. The van der Waals surface area contributed by atoms with Gasteiger partial charge in [-0.05, 0) is 0 Å². The van der Waals surface area contributed by atoms with Gasteiger partial charge >= 0.3 is 6.03 Å². The van der Waals surface area contributed by atoms with Crippen LogP contribution < -0.4 is 10.6 Å². The van der Waals surface area contributed by atoms with Crippen LogP contribution in [-0.2, 0) is 0 Å². The molecule has 0 unspecified atom stereocenters. The van der Waals surface area contributed by atoms with E-state index >= 15 is 0 Å². The van der Waals surface area contributed by atoms with E-state index in [1.54, 1.807) is 11.6 Å². The minimum atomic E-state index is -0.331. The van der Waals surface area contributed by atoms with E-state index in [1.165, 1.54) is 11.3 Å². The maximum absolute atomic E-state index is 10.9. The van der Waals surface area contributed by atoms with Gasteiger partial charge in [-0.25, -0.2) is 9.78 Å². The normalized spacial score (nSPS) is 8.58. The molecule has 12 heavy (non-hydrogen) atoms. The van der Waals surface area contributed by atoms with Crippen LogP contribution in [0.25, 0.3) is 0 Å². The van der Waals surface area contributed by atoms with E-state index in [0.29, 0.717) is 5.13 Å². The summed E-state index contributed by atoms with van der Waals surface area (Å²) in [6.45, 7) is 0.219. The lowest BCUT2D eigenvalue weighted by Gasteiger charge is -1.99. The largest absolute Gasteiger partial charge is 0.327 e. The number of thiazole rings is 1. The number of urea groups is 1. The molecular formula is C7H7N3OS. The van der Waals surface area contributed by atoms with Crippen molar-refractivity contribution in [2.75, 3.05) is 11.9 Å². The van der Waals surface area contributed by atoms with Gasteiger partial charge in [0.25, 0.3) is 0 Å². The summed E-state index contributed by atoms with van der Waals surface area (Å²) in [5, 5.41) is 7.30. The first-order valence-corrected chi connectivity index (χ1v) is 4.08. The van der Waals surface area contributed by atoms with Gasteiger partial charge in [-0.1, -0.05) is 5.92 Å². The Balaban J connectivity index is 2.33. The summed E-state index contributed by atoms with van der Waals surface area (Å²) < 4.78 is 0.